The van der Waals surface area contributed by atoms with Crippen LogP contribution in [0.3, 0.4) is 0 Å². The second-order valence-electron chi connectivity index (χ2n) is 9.78. The van der Waals surface area contributed by atoms with E-state index in [4.69, 9.17) is 21.3 Å². The van der Waals surface area contributed by atoms with Crippen LogP contribution in [0.4, 0.5) is 5.82 Å². The number of hydrogen-bond acceptors (Lipinski definition) is 7. The first-order valence-corrected chi connectivity index (χ1v) is 13.2. The number of halogens is 1. The van der Waals surface area contributed by atoms with E-state index in [1.165, 1.54) is 4.90 Å². The maximum atomic E-state index is 12.4. The molecule has 2 unspecified atom stereocenters. The molecule has 3 rings (SSSR count). The zero-order chi connectivity index (χ0) is 28.1. The molecule has 2 atom stereocenters. The summed E-state index contributed by atoms with van der Waals surface area (Å²) in [4.78, 5) is 29.6. The summed E-state index contributed by atoms with van der Waals surface area (Å²) >= 11 is 6.82. The SMILES string of the molecule is CCOc1c(C(C)N(C)c2ncnc(C)c2C(C)CNC)cc(Cl)c(C)c1-c1ccc(C(=O)N(C)C)nc1. The van der Waals surface area contributed by atoms with Crippen molar-refractivity contribution >= 4 is 23.3 Å². The molecule has 0 aliphatic rings. The van der Waals surface area contributed by atoms with Crippen molar-refractivity contribution in [3.63, 3.8) is 0 Å². The first-order chi connectivity index (χ1) is 18.0. The smallest absolute Gasteiger partial charge is 0.271 e. The van der Waals surface area contributed by atoms with Gasteiger partial charge in [0.15, 0.2) is 0 Å². The highest BCUT2D eigenvalue weighted by Gasteiger charge is 2.27. The van der Waals surface area contributed by atoms with Crippen LogP contribution in [-0.4, -0.2) is 67.1 Å². The van der Waals surface area contributed by atoms with Gasteiger partial charge in [0.25, 0.3) is 5.91 Å². The molecular weight excluding hydrogens is 500 g/mol. The summed E-state index contributed by atoms with van der Waals surface area (Å²) in [5.74, 6) is 1.70. The van der Waals surface area contributed by atoms with Crippen molar-refractivity contribution in [3.05, 3.63) is 63.8 Å². The highest BCUT2D eigenvalue weighted by molar-refractivity contribution is 6.32. The zero-order valence-corrected chi connectivity index (χ0v) is 24.6. The lowest BCUT2D eigenvalue weighted by Crippen LogP contribution is -2.27. The average Bonchev–Trinajstić information content (AvgIpc) is 2.89. The highest BCUT2D eigenvalue weighted by atomic mass is 35.5. The summed E-state index contributed by atoms with van der Waals surface area (Å²) in [6.45, 7) is 11.6. The number of carbonyl (C=O) groups is 1. The number of amides is 1. The van der Waals surface area contributed by atoms with Crippen molar-refractivity contribution < 1.29 is 9.53 Å². The molecule has 9 heteroatoms. The minimum atomic E-state index is -0.149. The summed E-state index contributed by atoms with van der Waals surface area (Å²) in [5, 5.41) is 3.90. The minimum absolute atomic E-state index is 0.120. The molecule has 1 aromatic carbocycles. The largest absolute Gasteiger partial charge is 0.493 e. The molecule has 0 aliphatic carbocycles. The lowest BCUT2D eigenvalue weighted by molar-refractivity contribution is 0.0822. The Hall–Kier alpha value is -3.23. The van der Waals surface area contributed by atoms with Gasteiger partial charge in [-0.1, -0.05) is 24.6 Å². The van der Waals surface area contributed by atoms with Gasteiger partial charge in [0.2, 0.25) is 0 Å². The van der Waals surface area contributed by atoms with E-state index in [1.54, 1.807) is 32.7 Å². The van der Waals surface area contributed by atoms with Crippen LogP contribution in [-0.2, 0) is 0 Å². The first-order valence-electron chi connectivity index (χ1n) is 12.9. The highest BCUT2D eigenvalue weighted by Crippen LogP contribution is 2.44. The molecule has 0 spiro atoms. The number of hydrogen-bond donors (Lipinski definition) is 1. The molecule has 0 fully saturated rings. The monoisotopic (exact) mass is 538 g/mol. The predicted molar refractivity (Wildman–Crippen MR) is 155 cm³/mol. The number of carbonyl (C=O) groups excluding carboxylic acids is 1. The molecule has 204 valence electrons. The number of anilines is 1. The Morgan fingerprint density at radius 1 is 1.13 bits per heavy atom. The Labute approximate surface area is 231 Å². The quantitative estimate of drug-likeness (QED) is 0.368. The Morgan fingerprint density at radius 3 is 2.42 bits per heavy atom. The summed E-state index contributed by atoms with van der Waals surface area (Å²) < 4.78 is 6.29. The number of ether oxygens (including phenoxy) is 1. The Balaban J connectivity index is 2.15. The fourth-order valence-corrected chi connectivity index (χ4v) is 4.94. The molecule has 0 aliphatic heterocycles. The fourth-order valence-electron chi connectivity index (χ4n) is 4.73. The molecule has 0 saturated heterocycles. The number of likely N-dealkylation sites (N-methyl/N-ethyl adjacent to an activating group) is 1. The average molecular weight is 539 g/mol. The maximum absolute atomic E-state index is 12.4. The number of nitrogens with one attached hydrogen (secondary N) is 1. The van der Waals surface area contributed by atoms with Crippen LogP contribution in [0.2, 0.25) is 5.02 Å². The number of rotatable bonds is 10. The minimum Gasteiger partial charge on any atom is -0.493 e. The van der Waals surface area contributed by atoms with Gasteiger partial charge < -0.3 is 19.9 Å². The van der Waals surface area contributed by atoms with Crippen molar-refractivity contribution in [3.8, 4) is 16.9 Å². The normalized spacial score (nSPS) is 12.7. The third-order valence-electron chi connectivity index (χ3n) is 6.90. The van der Waals surface area contributed by atoms with Crippen LogP contribution < -0.4 is 15.0 Å². The van der Waals surface area contributed by atoms with E-state index in [0.717, 1.165) is 51.6 Å². The van der Waals surface area contributed by atoms with Gasteiger partial charge in [0, 0.05) is 66.9 Å². The molecule has 0 radical (unpaired) electrons. The van der Waals surface area contributed by atoms with Crippen LogP contribution in [0.5, 0.6) is 5.75 Å². The van der Waals surface area contributed by atoms with E-state index in [9.17, 15) is 4.79 Å². The third-order valence-corrected chi connectivity index (χ3v) is 7.29. The third kappa shape index (κ3) is 5.92. The number of aromatic nitrogens is 3. The van der Waals surface area contributed by atoms with Gasteiger partial charge in [-0.05, 0) is 58.4 Å². The van der Waals surface area contributed by atoms with Crippen LogP contribution in [0.1, 0.15) is 65.6 Å². The topological polar surface area (TPSA) is 83.5 Å². The van der Waals surface area contributed by atoms with Crippen LogP contribution in [0.15, 0.2) is 30.7 Å². The van der Waals surface area contributed by atoms with Gasteiger partial charge in [-0.3, -0.25) is 9.78 Å². The molecular formula is C29H39ClN6O2. The molecule has 2 aromatic heterocycles. The molecule has 8 nitrogen and oxygen atoms in total. The Kier molecular flexibility index (Phi) is 9.68. The van der Waals surface area contributed by atoms with Gasteiger partial charge in [0.1, 0.15) is 23.6 Å². The van der Waals surface area contributed by atoms with E-state index in [0.29, 0.717) is 17.3 Å². The van der Waals surface area contributed by atoms with Gasteiger partial charge in [-0.15, -0.1) is 0 Å². The summed E-state index contributed by atoms with van der Waals surface area (Å²) in [5.41, 5.74) is 5.99. The van der Waals surface area contributed by atoms with Crippen molar-refractivity contribution in [2.24, 2.45) is 0 Å². The predicted octanol–water partition coefficient (Wildman–Crippen LogP) is 5.43. The van der Waals surface area contributed by atoms with Crippen molar-refractivity contribution in [1.29, 1.82) is 0 Å². The second kappa shape index (κ2) is 12.5. The molecule has 2 heterocycles. The Bertz CT molecular complexity index is 1280. The number of nitrogens with zero attached hydrogens (tertiary/aromatic N) is 5. The number of pyridine rings is 1. The number of aryl methyl sites for hydroxylation is 1. The molecule has 0 bridgehead atoms. The molecule has 0 saturated carbocycles. The molecule has 1 N–H and O–H groups in total. The van der Waals surface area contributed by atoms with Crippen LogP contribution >= 0.6 is 11.6 Å². The standard InChI is InChI=1S/C29H39ClN6O2/c1-10-38-27-22(20(5)36(9)28-25(17(2)14-31-6)19(4)33-16-34-28)13-23(30)18(3)26(27)21-11-12-24(32-15-21)29(37)35(7)8/h11-13,15-17,20,31H,10,14H2,1-9H3. The van der Waals surface area contributed by atoms with Crippen molar-refractivity contribution in [2.75, 3.05) is 46.2 Å². The summed E-state index contributed by atoms with van der Waals surface area (Å²) in [6, 6.07) is 5.50. The Morgan fingerprint density at radius 2 is 1.84 bits per heavy atom. The molecule has 38 heavy (non-hydrogen) atoms. The van der Waals surface area contributed by atoms with E-state index in [-0.39, 0.29) is 17.9 Å². The summed E-state index contributed by atoms with van der Waals surface area (Å²) in [7, 11) is 7.40. The van der Waals surface area contributed by atoms with Gasteiger partial charge in [-0.25, -0.2) is 9.97 Å². The fraction of sp³-hybridized carbons (Fsp3) is 0.448. The maximum Gasteiger partial charge on any atom is 0.271 e. The van der Waals surface area contributed by atoms with Crippen molar-refractivity contribution in [2.45, 2.75) is 46.6 Å². The van der Waals surface area contributed by atoms with Crippen LogP contribution in [0, 0.1) is 13.8 Å². The van der Waals surface area contributed by atoms with E-state index in [2.05, 4.69) is 34.0 Å². The lowest BCUT2D eigenvalue weighted by atomic mass is 9.93. The molecule has 1 amide bonds. The van der Waals surface area contributed by atoms with E-state index in [1.807, 2.05) is 47.0 Å². The first kappa shape index (κ1) is 29.3. The lowest BCUT2D eigenvalue weighted by Gasteiger charge is -2.32. The van der Waals surface area contributed by atoms with E-state index < -0.39 is 0 Å². The van der Waals surface area contributed by atoms with Gasteiger partial charge >= 0.3 is 0 Å². The zero-order valence-electron chi connectivity index (χ0n) is 23.9. The van der Waals surface area contributed by atoms with E-state index >= 15 is 0 Å². The van der Waals surface area contributed by atoms with Crippen molar-refractivity contribution in [1.82, 2.24) is 25.2 Å². The van der Waals surface area contributed by atoms with Gasteiger partial charge in [0.05, 0.1) is 12.6 Å². The number of benzene rings is 1. The van der Waals surface area contributed by atoms with Gasteiger partial charge in [-0.2, -0.15) is 0 Å². The molecule has 3 aromatic rings. The van der Waals surface area contributed by atoms with Crippen LogP contribution in [0.25, 0.3) is 11.1 Å². The second-order valence-corrected chi connectivity index (χ2v) is 10.2. The summed E-state index contributed by atoms with van der Waals surface area (Å²) in [6.07, 6.45) is 3.32.